The highest BCUT2D eigenvalue weighted by atomic mass is 19.1. The summed E-state index contributed by atoms with van der Waals surface area (Å²) in [6.45, 7) is 2.54. The molecular formula is C8H16FN. The Labute approximate surface area is 62.0 Å². The molecule has 1 saturated carbocycles. The highest BCUT2D eigenvalue weighted by molar-refractivity contribution is 4.79. The van der Waals surface area contributed by atoms with E-state index in [9.17, 15) is 4.39 Å². The second-order valence-corrected chi connectivity index (χ2v) is 3.16. The highest BCUT2D eigenvalue weighted by Gasteiger charge is 2.21. The Morgan fingerprint density at radius 1 is 1.50 bits per heavy atom. The van der Waals surface area contributed by atoms with Crippen molar-refractivity contribution < 1.29 is 4.39 Å². The van der Waals surface area contributed by atoms with E-state index in [2.05, 4.69) is 12.2 Å². The number of alkyl halides is 1. The maximum atomic E-state index is 11.7. The van der Waals surface area contributed by atoms with E-state index < -0.39 is 0 Å². The van der Waals surface area contributed by atoms with Crippen molar-refractivity contribution in [2.45, 2.75) is 32.2 Å². The standard InChI is InChI=1S/C8H16FN/c1-7-3-2-4-8(7)10-6-5-9/h7-8,10H,2-6H2,1H3. The third-order valence-corrected chi connectivity index (χ3v) is 2.36. The van der Waals surface area contributed by atoms with Gasteiger partial charge in [-0.1, -0.05) is 13.3 Å². The molecule has 60 valence electrons. The topological polar surface area (TPSA) is 12.0 Å². The Morgan fingerprint density at radius 3 is 2.80 bits per heavy atom. The van der Waals surface area contributed by atoms with Gasteiger partial charge >= 0.3 is 0 Å². The van der Waals surface area contributed by atoms with Gasteiger partial charge in [-0.3, -0.25) is 0 Å². The van der Waals surface area contributed by atoms with Crippen molar-refractivity contribution >= 4 is 0 Å². The van der Waals surface area contributed by atoms with Crippen LogP contribution in [0.1, 0.15) is 26.2 Å². The number of rotatable bonds is 3. The molecule has 0 aromatic heterocycles. The summed E-state index contributed by atoms with van der Waals surface area (Å²) in [7, 11) is 0. The lowest BCUT2D eigenvalue weighted by Gasteiger charge is -2.15. The number of halogens is 1. The summed E-state index contributed by atoms with van der Waals surface area (Å²) < 4.78 is 11.7. The summed E-state index contributed by atoms with van der Waals surface area (Å²) in [5.74, 6) is 0.756. The van der Waals surface area contributed by atoms with Crippen LogP contribution in [0.5, 0.6) is 0 Å². The second kappa shape index (κ2) is 3.91. The van der Waals surface area contributed by atoms with Crippen LogP contribution < -0.4 is 5.32 Å². The maximum absolute atomic E-state index is 11.7. The van der Waals surface area contributed by atoms with Gasteiger partial charge in [-0.05, 0) is 18.8 Å². The Morgan fingerprint density at radius 2 is 2.30 bits per heavy atom. The molecule has 0 radical (unpaired) electrons. The van der Waals surface area contributed by atoms with E-state index in [4.69, 9.17) is 0 Å². The summed E-state index contributed by atoms with van der Waals surface area (Å²) in [6, 6.07) is 0.593. The van der Waals surface area contributed by atoms with Crippen LogP contribution in [0.4, 0.5) is 4.39 Å². The van der Waals surface area contributed by atoms with Crippen LogP contribution in [0.3, 0.4) is 0 Å². The van der Waals surface area contributed by atoms with Crippen LogP contribution in [0, 0.1) is 5.92 Å². The molecular weight excluding hydrogens is 129 g/mol. The molecule has 1 rings (SSSR count). The van der Waals surface area contributed by atoms with Gasteiger partial charge in [-0.15, -0.1) is 0 Å². The lowest BCUT2D eigenvalue weighted by atomic mass is 10.1. The molecule has 2 unspecified atom stereocenters. The molecule has 2 heteroatoms. The van der Waals surface area contributed by atoms with Crippen molar-refractivity contribution in [3.8, 4) is 0 Å². The molecule has 0 aliphatic heterocycles. The molecule has 1 aliphatic carbocycles. The first kappa shape index (κ1) is 7.99. The predicted octanol–water partition coefficient (Wildman–Crippen LogP) is 1.73. The van der Waals surface area contributed by atoms with Gasteiger partial charge in [-0.2, -0.15) is 0 Å². The fourth-order valence-electron chi connectivity index (χ4n) is 1.69. The number of nitrogens with one attached hydrogen (secondary N) is 1. The van der Waals surface area contributed by atoms with Crippen molar-refractivity contribution in [2.75, 3.05) is 13.2 Å². The van der Waals surface area contributed by atoms with Crippen LogP contribution in [-0.4, -0.2) is 19.3 Å². The fourth-order valence-corrected chi connectivity index (χ4v) is 1.69. The first-order chi connectivity index (χ1) is 4.84. The van der Waals surface area contributed by atoms with Gasteiger partial charge in [-0.25, -0.2) is 4.39 Å². The lowest BCUT2D eigenvalue weighted by molar-refractivity contribution is 0.388. The molecule has 0 heterocycles. The van der Waals surface area contributed by atoms with Crippen LogP contribution in [0.2, 0.25) is 0 Å². The smallest absolute Gasteiger partial charge is 0.102 e. The van der Waals surface area contributed by atoms with Crippen molar-refractivity contribution in [1.82, 2.24) is 5.32 Å². The third kappa shape index (κ3) is 1.94. The van der Waals surface area contributed by atoms with E-state index >= 15 is 0 Å². The minimum atomic E-state index is -0.233. The molecule has 1 N–H and O–H groups in total. The van der Waals surface area contributed by atoms with Gasteiger partial charge in [0, 0.05) is 12.6 Å². The molecule has 0 bridgehead atoms. The highest BCUT2D eigenvalue weighted by Crippen LogP contribution is 2.24. The van der Waals surface area contributed by atoms with Crippen LogP contribution in [0.25, 0.3) is 0 Å². The molecule has 1 nitrogen and oxygen atoms in total. The molecule has 10 heavy (non-hydrogen) atoms. The zero-order chi connectivity index (χ0) is 7.40. The maximum Gasteiger partial charge on any atom is 0.102 e. The number of hydrogen-bond donors (Lipinski definition) is 1. The number of hydrogen-bond acceptors (Lipinski definition) is 1. The van der Waals surface area contributed by atoms with Gasteiger partial charge in [0.25, 0.3) is 0 Å². The fraction of sp³-hybridized carbons (Fsp3) is 1.00. The second-order valence-electron chi connectivity index (χ2n) is 3.16. The summed E-state index contributed by atoms with van der Waals surface area (Å²) in [5, 5.41) is 3.21. The SMILES string of the molecule is CC1CCCC1NCCF. The van der Waals surface area contributed by atoms with Gasteiger partial charge in [0.15, 0.2) is 0 Å². The molecule has 0 spiro atoms. The van der Waals surface area contributed by atoms with E-state index in [1.54, 1.807) is 0 Å². The average Bonchev–Trinajstić information content (AvgIpc) is 2.31. The van der Waals surface area contributed by atoms with E-state index in [1.807, 2.05) is 0 Å². The van der Waals surface area contributed by atoms with Gasteiger partial charge in [0.1, 0.15) is 6.67 Å². The molecule has 0 aromatic carbocycles. The molecule has 1 fully saturated rings. The van der Waals surface area contributed by atoms with Crippen LogP contribution in [-0.2, 0) is 0 Å². The van der Waals surface area contributed by atoms with Gasteiger partial charge in [0.2, 0.25) is 0 Å². The predicted molar refractivity (Wildman–Crippen MR) is 40.8 cm³/mol. The first-order valence-corrected chi connectivity index (χ1v) is 4.14. The first-order valence-electron chi connectivity index (χ1n) is 4.14. The van der Waals surface area contributed by atoms with Crippen LogP contribution >= 0.6 is 0 Å². The van der Waals surface area contributed by atoms with E-state index in [-0.39, 0.29) is 6.67 Å². The lowest BCUT2D eigenvalue weighted by Crippen LogP contribution is -2.32. The summed E-state index contributed by atoms with van der Waals surface area (Å²) in [6.07, 6.45) is 3.86. The van der Waals surface area contributed by atoms with Crippen LogP contribution in [0.15, 0.2) is 0 Å². The Hall–Kier alpha value is -0.110. The van der Waals surface area contributed by atoms with Crippen molar-refractivity contribution in [1.29, 1.82) is 0 Å². The zero-order valence-corrected chi connectivity index (χ0v) is 6.57. The average molecular weight is 145 g/mol. The van der Waals surface area contributed by atoms with Crippen molar-refractivity contribution in [3.63, 3.8) is 0 Å². The minimum Gasteiger partial charge on any atom is -0.311 e. The van der Waals surface area contributed by atoms with Crippen molar-refractivity contribution in [3.05, 3.63) is 0 Å². The summed E-state index contributed by atoms with van der Waals surface area (Å²) in [5.41, 5.74) is 0. The van der Waals surface area contributed by atoms with Gasteiger partial charge < -0.3 is 5.32 Å². The Kier molecular flexibility index (Phi) is 3.13. The molecule has 2 atom stereocenters. The van der Waals surface area contributed by atoms with E-state index in [1.165, 1.54) is 19.3 Å². The summed E-state index contributed by atoms with van der Waals surface area (Å²) >= 11 is 0. The normalized spacial score (nSPS) is 33.0. The summed E-state index contributed by atoms with van der Waals surface area (Å²) in [4.78, 5) is 0. The monoisotopic (exact) mass is 145 g/mol. The van der Waals surface area contributed by atoms with Crippen molar-refractivity contribution in [2.24, 2.45) is 5.92 Å². The Balaban J connectivity index is 2.14. The molecule has 0 saturated heterocycles. The Bertz CT molecular complexity index is 95.3. The largest absolute Gasteiger partial charge is 0.311 e. The van der Waals surface area contributed by atoms with E-state index in [0.717, 1.165) is 5.92 Å². The zero-order valence-electron chi connectivity index (χ0n) is 6.57. The minimum absolute atomic E-state index is 0.233. The third-order valence-electron chi connectivity index (χ3n) is 2.36. The molecule has 0 aromatic rings. The van der Waals surface area contributed by atoms with Gasteiger partial charge in [0.05, 0.1) is 0 Å². The molecule has 1 aliphatic rings. The quantitative estimate of drug-likeness (QED) is 0.637. The molecule has 0 amide bonds. The van der Waals surface area contributed by atoms with E-state index in [0.29, 0.717) is 12.6 Å².